The molecule has 1 amide bonds. The zero-order valence-corrected chi connectivity index (χ0v) is 12.7. The molecule has 4 heteroatoms. The first-order chi connectivity index (χ1) is 9.60. The van der Waals surface area contributed by atoms with E-state index >= 15 is 0 Å². The maximum absolute atomic E-state index is 12.4. The molecule has 1 rings (SSSR count). The van der Waals surface area contributed by atoms with Crippen LogP contribution in [0.5, 0.6) is 0 Å². The molecule has 1 saturated carbocycles. The molecule has 0 aliphatic heterocycles. The third-order valence-corrected chi connectivity index (χ3v) is 4.62. The summed E-state index contributed by atoms with van der Waals surface area (Å²) in [5.74, 6) is -1.03. The molecule has 0 aromatic rings. The molecule has 0 unspecified atom stereocenters. The molecule has 0 bridgehead atoms. The first-order valence-electron chi connectivity index (χ1n) is 8.11. The highest BCUT2D eigenvalue weighted by atomic mass is 16.4. The van der Waals surface area contributed by atoms with Gasteiger partial charge in [-0.05, 0) is 19.3 Å². The summed E-state index contributed by atoms with van der Waals surface area (Å²) in [6, 6.07) is 0. The minimum Gasteiger partial charge on any atom is -0.480 e. The molecule has 0 heterocycles. The van der Waals surface area contributed by atoms with Crippen LogP contribution in [0.2, 0.25) is 0 Å². The Labute approximate surface area is 122 Å². The lowest BCUT2D eigenvalue weighted by Crippen LogP contribution is -2.42. The average Bonchev–Trinajstić information content (AvgIpc) is 2.49. The maximum Gasteiger partial charge on any atom is 0.322 e. The van der Waals surface area contributed by atoms with E-state index in [-0.39, 0.29) is 17.9 Å². The topological polar surface area (TPSA) is 66.4 Å². The predicted molar refractivity (Wildman–Crippen MR) is 79.5 cm³/mol. The summed E-state index contributed by atoms with van der Waals surface area (Å²) in [5.41, 5.74) is -0.347. The molecule has 0 aromatic carbocycles. The molecule has 116 valence electrons. The number of carboxylic acids is 1. The van der Waals surface area contributed by atoms with Gasteiger partial charge in [-0.2, -0.15) is 0 Å². The lowest BCUT2D eigenvalue weighted by atomic mass is 9.75. The molecule has 0 radical (unpaired) electrons. The Morgan fingerprint density at radius 1 is 0.950 bits per heavy atom. The lowest BCUT2D eigenvalue weighted by molar-refractivity contribution is -0.140. The third-order valence-electron chi connectivity index (χ3n) is 4.62. The molecule has 0 spiro atoms. The van der Waals surface area contributed by atoms with E-state index < -0.39 is 5.97 Å². The van der Waals surface area contributed by atoms with Crippen LogP contribution >= 0.6 is 0 Å². The molecule has 1 aliphatic rings. The summed E-state index contributed by atoms with van der Waals surface area (Å²) in [5, 5.41) is 11.3. The highest BCUT2D eigenvalue weighted by Crippen LogP contribution is 2.36. The van der Waals surface area contributed by atoms with Crippen LogP contribution in [0.4, 0.5) is 0 Å². The standard InChI is InChI=1S/C16H29NO3/c1-2-16(15(20)17-13-14(18)19)11-9-7-5-3-4-6-8-10-12-16/h2-13H2,1H3,(H,17,20)(H,18,19). The predicted octanol–water partition coefficient (Wildman–Crippen LogP) is 3.50. The molecule has 0 atom stereocenters. The van der Waals surface area contributed by atoms with Crippen molar-refractivity contribution in [1.29, 1.82) is 0 Å². The van der Waals surface area contributed by atoms with Gasteiger partial charge in [0.2, 0.25) is 5.91 Å². The summed E-state index contributed by atoms with van der Waals surface area (Å²) in [7, 11) is 0. The minimum atomic E-state index is -0.971. The second-order valence-electron chi connectivity index (χ2n) is 6.04. The van der Waals surface area contributed by atoms with Crippen LogP contribution in [0.25, 0.3) is 0 Å². The van der Waals surface area contributed by atoms with Crippen LogP contribution in [0.3, 0.4) is 0 Å². The van der Waals surface area contributed by atoms with E-state index in [0.717, 1.165) is 32.1 Å². The average molecular weight is 283 g/mol. The number of carbonyl (C=O) groups is 2. The summed E-state index contributed by atoms with van der Waals surface area (Å²) in [6.07, 6.45) is 12.3. The number of hydrogen-bond acceptors (Lipinski definition) is 2. The zero-order chi connectivity index (χ0) is 14.8. The van der Waals surface area contributed by atoms with Gasteiger partial charge >= 0.3 is 5.97 Å². The highest BCUT2D eigenvalue weighted by Gasteiger charge is 2.35. The maximum atomic E-state index is 12.4. The fraction of sp³-hybridized carbons (Fsp3) is 0.875. The normalized spacial score (nSPS) is 20.6. The van der Waals surface area contributed by atoms with Crippen molar-refractivity contribution in [2.24, 2.45) is 5.41 Å². The molecule has 1 fully saturated rings. The number of nitrogens with one attached hydrogen (secondary N) is 1. The van der Waals surface area contributed by atoms with E-state index in [2.05, 4.69) is 12.2 Å². The Balaban J connectivity index is 2.66. The zero-order valence-electron chi connectivity index (χ0n) is 12.7. The van der Waals surface area contributed by atoms with E-state index in [1.165, 1.54) is 38.5 Å². The van der Waals surface area contributed by atoms with Gasteiger partial charge in [0, 0.05) is 5.41 Å². The number of carboxylic acid groups (broad SMARTS) is 1. The highest BCUT2D eigenvalue weighted by molar-refractivity contribution is 5.85. The fourth-order valence-electron chi connectivity index (χ4n) is 3.20. The van der Waals surface area contributed by atoms with Crippen molar-refractivity contribution in [2.75, 3.05) is 6.54 Å². The Kier molecular flexibility index (Phi) is 7.63. The first-order valence-corrected chi connectivity index (χ1v) is 8.11. The van der Waals surface area contributed by atoms with Crippen LogP contribution in [0, 0.1) is 5.41 Å². The quantitative estimate of drug-likeness (QED) is 0.830. The van der Waals surface area contributed by atoms with Gasteiger partial charge in [0.1, 0.15) is 6.54 Å². The van der Waals surface area contributed by atoms with E-state index in [0.29, 0.717) is 0 Å². The third kappa shape index (κ3) is 5.51. The Morgan fingerprint density at radius 2 is 1.40 bits per heavy atom. The van der Waals surface area contributed by atoms with Crippen molar-refractivity contribution >= 4 is 11.9 Å². The van der Waals surface area contributed by atoms with Crippen molar-refractivity contribution in [3.8, 4) is 0 Å². The number of hydrogen-bond donors (Lipinski definition) is 2. The van der Waals surface area contributed by atoms with Crippen LogP contribution in [0.1, 0.15) is 77.6 Å². The van der Waals surface area contributed by atoms with Gasteiger partial charge in [0.05, 0.1) is 0 Å². The Hall–Kier alpha value is -1.06. The number of rotatable bonds is 4. The second-order valence-corrected chi connectivity index (χ2v) is 6.04. The van der Waals surface area contributed by atoms with Crippen molar-refractivity contribution in [2.45, 2.75) is 77.6 Å². The largest absolute Gasteiger partial charge is 0.480 e. The smallest absolute Gasteiger partial charge is 0.322 e. The van der Waals surface area contributed by atoms with E-state index in [4.69, 9.17) is 5.11 Å². The summed E-state index contributed by atoms with van der Waals surface area (Å²) < 4.78 is 0. The van der Waals surface area contributed by atoms with Crippen molar-refractivity contribution in [3.05, 3.63) is 0 Å². The minimum absolute atomic E-state index is 0.0540. The molecule has 20 heavy (non-hydrogen) atoms. The summed E-state index contributed by atoms with van der Waals surface area (Å²) >= 11 is 0. The van der Waals surface area contributed by atoms with Gasteiger partial charge in [0.15, 0.2) is 0 Å². The number of carbonyl (C=O) groups excluding carboxylic acids is 1. The van der Waals surface area contributed by atoms with E-state index in [1.54, 1.807) is 0 Å². The van der Waals surface area contributed by atoms with Gasteiger partial charge < -0.3 is 10.4 Å². The van der Waals surface area contributed by atoms with E-state index in [9.17, 15) is 9.59 Å². The van der Waals surface area contributed by atoms with Crippen molar-refractivity contribution in [1.82, 2.24) is 5.32 Å². The first kappa shape index (κ1) is 17.0. The second kappa shape index (κ2) is 8.98. The molecule has 2 N–H and O–H groups in total. The summed E-state index contributed by atoms with van der Waals surface area (Å²) in [6.45, 7) is 1.79. The van der Waals surface area contributed by atoms with Gasteiger partial charge in [-0.15, -0.1) is 0 Å². The SMILES string of the molecule is CCC1(C(=O)NCC(=O)O)CCCCCCCCCC1. The van der Waals surface area contributed by atoms with Gasteiger partial charge in [-0.3, -0.25) is 9.59 Å². The fourth-order valence-corrected chi connectivity index (χ4v) is 3.20. The Morgan fingerprint density at radius 3 is 1.80 bits per heavy atom. The van der Waals surface area contributed by atoms with Gasteiger partial charge in [0.25, 0.3) is 0 Å². The monoisotopic (exact) mass is 283 g/mol. The molecular formula is C16H29NO3. The van der Waals surface area contributed by atoms with Crippen molar-refractivity contribution < 1.29 is 14.7 Å². The van der Waals surface area contributed by atoms with E-state index in [1.807, 2.05) is 0 Å². The van der Waals surface area contributed by atoms with Crippen molar-refractivity contribution in [3.63, 3.8) is 0 Å². The summed E-state index contributed by atoms with van der Waals surface area (Å²) in [4.78, 5) is 23.1. The molecule has 1 aliphatic carbocycles. The number of amides is 1. The molecule has 4 nitrogen and oxygen atoms in total. The number of aliphatic carboxylic acids is 1. The molecular weight excluding hydrogens is 254 g/mol. The van der Waals surface area contributed by atoms with Gasteiger partial charge in [-0.1, -0.05) is 58.3 Å². The molecule has 0 aromatic heterocycles. The lowest BCUT2D eigenvalue weighted by Gasteiger charge is -2.31. The van der Waals surface area contributed by atoms with Crippen LogP contribution in [-0.4, -0.2) is 23.5 Å². The van der Waals surface area contributed by atoms with Gasteiger partial charge in [-0.25, -0.2) is 0 Å². The molecule has 0 saturated heterocycles. The van der Waals surface area contributed by atoms with Crippen LogP contribution in [0.15, 0.2) is 0 Å². The Bertz CT molecular complexity index is 303. The van der Waals surface area contributed by atoms with Crippen LogP contribution < -0.4 is 5.32 Å². The van der Waals surface area contributed by atoms with Crippen LogP contribution in [-0.2, 0) is 9.59 Å².